The molecule has 3 aromatic rings. The van der Waals surface area contributed by atoms with E-state index in [4.69, 9.17) is 5.26 Å². The summed E-state index contributed by atoms with van der Waals surface area (Å²) < 4.78 is 0. The lowest BCUT2D eigenvalue weighted by molar-refractivity contribution is 1.33. The largest absolute Gasteiger partial charge is 0.256 e. The highest BCUT2D eigenvalue weighted by Gasteiger charge is 2.08. The molecule has 19 heavy (non-hydrogen) atoms. The first kappa shape index (κ1) is 11.6. The number of hydrogen-bond acceptors (Lipinski definition) is 3. The van der Waals surface area contributed by atoms with E-state index in [2.05, 4.69) is 28.6 Å². The van der Waals surface area contributed by atoms with Crippen molar-refractivity contribution in [1.29, 1.82) is 5.26 Å². The quantitative estimate of drug-likeness (QED) is 0.688. The van der Waals surface area contributed by atoms with Crippen molar-refractivity contribution in [3.05, 3.63) is 65.0 Å². The first-order valence-electron chi connectivity index (χ1n) is 5.86. The summed E-state index contributed by atoms with van der Waals surface area (Å²) in [6, 6.07) is 15.8. The molecule has 2 aromatic heterocycles. The van der Waals surface area contributed by atoms with E-state index in [1.807, 2.05) is 35.7 Å². The summed E-state index contributed by atoms with van der Waals surface area (Å²) in [7, 11) is 0. The number of hydrogen-bond donors (Lipinski definition) is 0. The standard InChI is InChI=1S/C16H10N2S/c17-10-12-3-5-13(6-4-12)15-2-1-8-18-16(15)14-7-9-19-11-14/h1-9,11H. The van der Waals surface area contributed by atoms with Gasteiger partial charge in [-0.25, -0.2) is 0 Å². The Morgan fingerprint density at radius 3 is 2.53 bits per heavy atom. The first-order valence-corrected chi connectivity index (χ1v) is 6.81. The molecular weight excluding hydrogens is 252 g/mol. The Morgan fingerprint density at radius 2 is 1.84 bits per heavy atom. The number of nitriles is 1. The number of aromatic nitrogens is 1. The third-order valence-corrected chi connectivity index (χ3v) is 3.61. The maximum atomic E-state index is 8.84. The van der Waals surface area contributed by atoms with Crippen LogP contribution < -0.4 is 0 Å². The molecule has 0 spiro atoms. The smallest absolute Gasteiger partial charge is 0.0991 e. The van der Waals surface area contributed by atoms with Crippen molar-refractivity contribution in [2.45, 2.75) is 0 Å². The molecule has 0 amide bonds. The minimum Gasteiger partial charge on any atom is -0.256 e. The Bertz CT molecular complexity index is 722. The molecule has 0 bridgehead atoms. The van der Waals surface area contributed by atoms with Gasteiger partial charge in [0.1, 0.15) is 0 Å². The fourth-order valence-electron chi connectivity index (χ4n) is 1.99. The van der Waals surface area contributed by atoms with Gasteiger partial charge in [-0.15, -0.1) is 0 Å². The van der Waals surface area contributed by atoms with E-state index in [1.165, 1.54) is 0 Å². The third-order valence-electron chi connectivity index (χ3n) is 2.93. The molecule has 3 rings (SSSR count). The van der Waals surface area contributed by atoms with Crippen LogP contribution in [-0.2, 0) is 0 Å². The molecule has 3 heteroatoms. The van der Waals surface area contributed by atoms with E-state index in [0.29, 0.717) is 5.56 Å². The molecule has 0 radical (unpaired) electrons. The SMILES string of the molecule is N#Cc1ccc(-c2cccnc2-c2ccsc2)cc1. The summed E-state index contributed by atoms with van der Waals surface area (Å²) in [5, 5.41) is 13.0. The molecule has 1 aromatic carbocycles. The first-order chi connectivity index (χ1) is 9.38. The maximum absolute atomic E-state index is 8.84. The molecule has 0 aliphatic heterocycles. The number of pyridine rings is 1. The van der Waals surface area contributed by atoms with Gasteiger partial charge >= 0.3 is 0 Å². The highest BCUT2D eigenvalue weighted by atomic mass is 32.1. The fraction of sp³-hybridized carbons (Fsp3) is 0. The maximum Gasteiger partial charge on any atom is 0.0991 e. The van der Waals surface area contributed by atoms with Crippen LogP contribution in [0.2, 0.25) is 0 Å². The average molecular weight is 262 g/mol. The Labute approximate surface area is 115 Å². The molecule has 0 atom stereocenters. The third kappa shape index (κ3) is 2.26. The molecule has 0 unspecified atom stereocenters. The molecule has 0 fully saturated rings. The predicted molar refractivity (Wildman–Crippen MR) is 77.7 cm³/mol. The van der Waals surface area contributed by atoms with Crippen molar-refractivity contribution in [2.24, 2.45) is 0 Å². The van der Waals surface area contributed by atoms with Crippen molar-refractivity contribution in [2.75, 3.05) is 0 Å². The Balaban J connectivity index is 2.12. The lowest BCUT2D eigenvalue weighted by Crippen LogP contribution is -1.87. The monoisotopic (exact) mass is 262 g/mol. The highest BCUT2D eigenvalue weighted by molar-refractivity contribution is 7.08. The zero-order valence-corrected chi connectivity index (χ0v) is 10.9. The zero-order valence-electron chi connectivity index (χ0n) is 10.1. The van der Waals surface area contributed by atoms with E-state index in [9.17, 15) is 0 Å². The van der Waals surface area contributed by atoms with Crippen molar-refractivity contribution >= 4 is 11.3 Å². The van der Waals surface area contributed by atoms with Gasteiger partial charge in [-0.3, -0.25) is 4.98 Å². The van der Waals surface area contributed by atoms with Crippen LogP contribution in [0.3, 0.4) is 0 Å². The molecule has 2 nitrogen and oxygen atoms in total. The van der Waals surface area contributed by atoms with Crippen LogP contribution in [-0.4, -0.2) is 4.98 Å². The van der Waals surface area contributed by atoms with Crippen LogP contribution in [0, 0.1) is 11.3 Å². The van der Waals surface area contributed by atoms with Crippen LogP contribution in [0.5, 0.6) is 0 Å². The van der Waals surface area contributed by atoms with Gasteiger partial charge in [-0.1, -0.05) is 18.2 Å². The lowest BCUT2D eigenvalue weighted by atomic mass is 10.00. The summed E-state index contributed by atoms with van der Waals surface area (Å²) >= 11 is 1.66. The summed E-state index contributed by atoms with van der Waals surface area (Å²) in [5.74, 6) is 0. The van der Waals surface area contributed by atoms with Crippen LogP contribution in [0.15, 0.2) is 59.4 Å². The average Bonchev–Trinajstić information content (AvgIpc) is 3.01. The van der Waals surface area contributed by atoms with E-state index in [-0.39, 0.29) is 0 Å². The van der Waals surface area contributed by atoms with E-state index in [1.54, 1.807) is 17.5 Å². The van der Waals surface area contributed by atoms with Crippen LogP contribution >= 0.6 is 11.3 Å². The number of benzene rings is 1. The number of thiophene rings is 1. The molecule has 0 aliphatic carbocycles. The van der Waals surface area contributed by atoms with Gasteiger partial charge in [0, 0.05) is 22.7 Å². The van der Waals surface area contributed by atoms with Gasteiger partial charge in [0.2, 0.25) is 0 Å². The van der Waals surface area contributed by atoms with Gasteiger partial charge in [-0.2, -0.15) is 16.6 Å². The van der Waals surface area contributed by atoms with Crippen LogP contribution in [0.25, 0.3) is 22.4 Å². The van der Waals surface area contributed by atoms with E-state index >= 15 is 0 Å². The van der Waals surface area contributed by atoms with Crippen molar-refractivity contribution in [3.63, 3.8) is 0 Å². The van der Waals surface area contributed by atoms with Crippen molar-refractivity contribution in [3.8, 4) is 28.5 Å². The number of rotatable bonds is 2. The van der Waals surface area contributed by atoms with Gasteiger partial charge < -0.3 is 0 Å². The van der Waals surface area contributed by atoms with E-state index < -0.39 is 0 Å². The minimum absolute atomic E-state index is 0.671. The normalized spacial score (nSPS) is 10.1. The van der Waals surface area contributed by atoms with Gasteiger partial charge in [0.15, 0.2) is 0 Å². The summed E-state index contributed by atoms with van der Waals surface area (Å²) in [4.78, 5) is 4.48. The zero-order chi connectivity index (χ0) is 13.1. The Morgan fingerprint density at radius 1 is 1.00 bits per heavy atom. The molecule has 0 saturated carbocycles. The molecule has 90 valence electrons. The second kappa shape index (κ2) is 5.05. The minimum atomic E-state index is 0.671. The second-order valence-electron chi connectivity index (χ2n) is 4.10. The molecule has 0 saturated heterocycles. The summed E-state index contributed by atoms with van der Waals surface area (Å²) in [6.07, 6.45) is 1.81. The van der Waals surface area contributed by atoms with E-state index in [0.717, 1.165) is 22.4 Å². The summed E-state index contributed by atoms with van der Waals surface area (Å²) in [6.45, 7) is 0. The molecule has 0 N–H and O–H groups in total. The van der Waals surface area contributed by atoms with Gasteiger partial charge in [0.05, 0.1) is 17.3 Å². The van der Waals surface area contributed by atoms with Crippen LogP contribution in [0.4, 0.5) is 0 Å². The Hall–Kier alpha value is -2.44. The van der Waals surface area contributed by atoms with Crippen molar-refractivity contribution in [1.82, 2.24) is 4.98 Å². The Kier molecular flexibility index (Phi) is 3.09. The fourth-order valence-corrected chi connectivity index (χ4v) is 2.63. The van der Waals surface area contributed by atoms with Gasteiger partial charge in [-0.05, 0) is 35.2 Å². The molecule has 0 aliphatic rings. The topological polar surface area (TPSA) is 36.7 Å². The predicted octanol–water partition coefficient (Wildman–Crippen LogP) is 4.35. The van der Waals surface area contributed by atoms with Crippen molar-refractivity contribution < 1.29 is 0 Å². The molecular formula is C16H10N2S. The highest BCUT2D eigenvalue weighted by Crippen LogP contribution is 2.31. The number of nitrogens with zero attached hydrogens (tertiary/aromatic N) is 2. The summed E-state index contributed by atoms with van der Waals surface area (Å²) in [5.41, 5.74) is 4.95. The second-order valence-corrected chi connectivity index (χ2v) is 4.88. The van der Waals surface area contributed by atoms with Crippen LogP contribution in [0.1, 0.15) is 5.56 Å². The van der Waals surface area contributed by atoms with Gasteiger partial charge in [0.25, 0.3) is 0 Å². The lowest BCUT2D eigenvalue weighted by Gasteiger charge is -2.07. The molecule has 2 heterocycles.